The van der Waals surface area contributed by atoms with E-state index in [9.17, 15) is 13.6 Å². The number of nitrogens with zero attached hydrogens (tertiary/aromatic N) is 1. The monoisotopic (exact) mass is 388 g/mol. The molecule has 8 heteroatoms. The zero-order valence-corrected chi connectivity index (χ0v) is 15.2. The molecule has 0 aliphatic carbocycles. The van der Waals surface area contributed by atoms with E-state index in [4.69, 9.17) is 21.1 Å². The van der Waals surface area contributed by atoms with Gasteiger partial charge < -0.3 is 14.8 Å². The lowest BCUT2D eigenvalue weighted by atomic mass is 10.0. The Bertz CT molecular complexity index is 637. The van der Waals surface area contributed by atoms with Crippen LogP contribution in [0.25, 0.3) is 0 Å². The molecule has 1 saturated heterocycles. The number of alkyl halides is 2. The summed E-state index contributed by atoms with van der Waals surface area (Å²) >= 11 is 6.25. The zero-order chi connectivity index (χ0) is 18.5. The summed E-state index contributed by atoms with van der Waals surface area (Å²) in [7, 11) is 0. The van der Waals surface area contributed by atoms with Crippen molar-refractivity contribution in [3.63, 3.8) is 0 Å². The smallest absolute Gasteiger partial charge is 0.251 e. The summed E-state index contributed by atoms with van der Waals surface area (Å²) in [5.74, 6) is 0.987. The lowest BCUT2D eigenvalue weighted by Gasteiger charge is -2.32. The molecule has 26 heavy (non-hydrogen) atoms. The van der Waals surface area contributed by atoms with E-state index in [2.05, 4.69) is 5.32 Å². The average Bonchev–Trinajstić information content (AvgIpc) is 2.82. The van der Waals surface area contributed by atoms with Crippen LogP contribution in [0.1, 0.15) is 24.8 Å². The molecular weight excluding hydrogens is 366 g/mol. The van der Waals surface area contributed by atoms with Gasteiger partial charge >= 0.3 is 0 Å². The van der Waals surface area contributed by atoms with E-state index >= 15 is 0 Å². The first-order chi connectivity index (χ1) is 12.5. The number of rotatable bonds is 5. The van der Waals surface area contributed by atoms with Crippen LogP contribution in [0.15, 0.2) is 12.1 Å². The fraction of sp³-hybridized carbons (Fsp3) is 0.611. The summed E-state index contributed by atoms with van der Waals surface area (Å²) in [5.41, 5.74) is 0.756. The largest absolute Gasteiger partial charge is 0.489 e. The van der Waals surface area contributed by atoms with Crippen LogP contribution in [-0.2, 0) is 11.2 Å². The second kappa shape index (κ2) is 8.86. The van der Waals surface area contributed by atoms with Gasteiger partial charge in [-0.05, 0) is 30.5 Å². The van der Waals surface area contributed by atoms with Gasteiger partial charge in [-0.25, -0.2) is 8.78 Å². The second-order valence-corrected chi connectivity index (χ2v) is 7.07. The predicted octanol–water partition coefficient (Wildman–Crippen LogP) is 2.89. The molecule has 2 aliphatic heterocycles. The lowest BCUT2D eigenvalue weighted by molar-refractivity contribution is -0.121. The van der Waals surface area contributed by atoms with Crippen molar-refractivity contribution in [3.8, 4) is 11.5 Å². The number of nitrogens with one attached hydrogen (secondary N) is 1. The SMILES string of the molecule is O=C(Cc1cc(Cl)c2c(c1)OCCCO2)NC1CCN(CC(F)F)CC1. The summed E-state index contributed by atoms with van der Waals surface area (Å²) in [6.45, 7) is 2.06. The van der Waals surface area contributed by atoms with Crippen molar-refractivity contribution < 1.29 is 23.0 Å². The fourth-order valence-corrected chi connectivity index (χ4v) is 3.59. The summed E-state index contributed by atoms with van der Waals surface area (Å²) < 4.78 is 36.0. The molecular formula is C18H23ClF2N2O3. The highest BCUT2D eigenvalue weighted by molar-refractivity contribution is 6.32. The minimum absolute atomic E-state index is 0.0207. The number of ether oxygens (including phenoxy) is 2. The van der Waals surface area contributed by atoms with Crippen LogP contribution >= 0.6 is 11.6 Å². The minimum atomic E-state index is -2.31. The maximum Gasteiger partial charge on any atom is 0.251 e. The molecule has 0 spiro atoms. The molecule has 2 heterocycles. The van der Waals surface area contributed by atoms with Crippen LogP contribution < -0.4 is 14.8 Å². The molecule has 3 rings (SSSR count). The van der Waals surface area contributed by atoms with Crippen molar-refractivity contribution in [1.29, 1.82) is 0 Å². The van der Waals surface area contributed by atoms with E-state index < -0.39 is 6.43 Å². The minimum Gasteiger partial charge on any atom is -0.489 e. The molecule has 1 fully saturated rings. The Hall–Kier alpha value is -1.60. The number of carbonyl (C=O) groups is 1. The quantitative estimate of drug-likeness (QED) is 0.842. The van der Waals surface area contributed by atoms with Gasteiger partial charge in [0.05, 0.1) is 31.2 Å². The summed E-state index contributed by atoms with van der Waals surface area (Å²) in [6.07, 6.45) is 0.0182. The molecule has 1 aromatic carbocycles. The van der Waals surface area contributed by atoms with Crippen LogP contribution in [-0.4, -0.2) is 56.1 Å². The maximum absolute atomic E-state index is 12.4. The van der Waals surface area contributed by atoms with Crippen molar-refractivity contribution >= 4 is 17.5 Å². The lowest BCUT2D eigenvalue weighted by Crippen LogP contribution is -2.46. The van der Waals surface area contributed by atoms with Crippen LogP contribution in [0.5, 0.6) is 11.5 Å². The number of halogens is 3. The van der Waals surface area contributed by atoms with Crippen molar-refractivity contribution in [3.05, 3.63) is 22.7 Å². The Kier molecular flexibility index (Phi) is 6.53. The fourth-order valence-electron chi connectivity index (χ4n) is 3.31. The van der Waals surface area contributed by atoms with Crippen molar-refractivity contribution in [2.24, 2.45) is 0 Å². The Morgan fingerprint density at radius 3 is 2.73 bits per heavy atom. The van der Waals surface area contributed by atoms with Gasteiger partial charge in [-0.3, -0.25) is 9.69 Å². The van der Waals surface area contributed by atoms with E-state index in [1.807, 2.05) is 0 Å². The normalized spacial score (nSPS) is 18.6. The number of carbonyl (C=O) groups excluding carboxylic acids is 1. The highest BCUT2D eigenvalue weighted by Gasteiger charge is 2.23. The third-order valence-corrected chi connectivity index (χ3v) is 4.86. The van der Waals surface area contributed by atoms with Crippen LogP contribution in [0.3, 0.4) is 0 Å². The topological polar surface area (TPSA) is 50.8 Å². The summed E-state index contributed by atoms with van der Waals surface area (Å²) in [4.78, 5) is 14.1. The average molecular weight is 389 g/mol. The molecule has 1 amide bonds. The number of likely N-dealkylation sites (tertiary alicyclic amines) is 1. The van der Waals surface area contributed by atoms with Crippen LogP contribution in [0, 0.1) is 0 Å². The maximum atomic E-state index is 12.4. The molecule has 0 bridgehead atoms. The molecule has 0 saturated carbocycles. The van der Waals surface area contributed by atoms with Crippen LogP contribution in [0.4, 0.5) is 8.78 Å². The molecule has 1 N–H and O–H groups in total. The zero-order valence-electron chi connectivity index (χ0n) is 14.5. The predicted molar refractivity (Wildman–Crippen MR) is 94.4 cm³/mol. The first-order valence-electron chi connectivity index (χ1n) is 8.89. The van der Waals surface area contributed by atoms with E-state index in [1.54, 1.807) is 17.0 Å². The third-order valence-electron chi connectivity index (χ3n) is 4.58. The van der Waals surface area contributed by atoms with E-state index in [1.165, 1.54) is 0 Å². The van der Waals surface area contributed by atoms with Gasteiger partial charge in [0.1, 0.15) is 0 Å². The van der Waals surface area contributed by atoms with Gasteiger partial charge in [-0.1, -0.05) is 11.6 Å². The molecule has 144 valence electrons. The highest BCUT2D eigenvalue weighted by Crippen LogP contribution is 2.38. The molecule has 2 aliphatic rings. The molecule has 5 nitrogen and oxygen atoms in total. The van der Waals surface area contributed by atoms with E-state index in [0.29, 0.717) is 55.7 Å². The first kappa shape index (κ1) is 19.2. The van der Waals surface area contributed by atoms with Gasteiger partial charge in [0, 0.05) is 25.6 Å². The number of benzene rings is 1. The number of hydrogen-bond donors (Lipinski definition) is 1. The second-order valence-electron chi connectivity index (χ2n) is 6.67. The number of piperidine rings is 1. The Morgan fingerprint density at radius 2 is 2.00 bits per heavy atom. The molecule has 0 unspecified atom stereocenters. The number of hydrogen-bond acceptors (Lipinski definition) is 4. The van der Waals surface area contributed by atoms with Gasteiger partial charge in [0.2, 0.25) is 5.91 Å². The number of fused-ring (bicyclic) bond motifs is 1. The summed E-state index contributed by atoms with van der Waals surface area (Å²) in [5, 5.41) is 3.42. The van der Waals surface area contributed by atoms with Gasteiger partial charge in [-0.2, -0.15) is 0 Å². The molecule has 1 aromatic rings. The molecule has 0 aromatic heterocycles. The van der Waals surface area contributed by atoms with Crippen molar-refractivity contribution in [2.75, 3.05) is 32.8 Å². The number of amides is 1. The van der Waals surface area contributed by atoms with E-state index in [0.717, 1.165) is 12.0 Å². The first-order valence-corrected chi connectivity index (χ1v) is 9.27. The molecule has 0 radical (unpaired) electrons. The van der Waals surface area contributed by atoms with Gasteiger partial charge in [-0.15, -0.1) is 0 Å². The van der Waals surface area contributed by atoms with E-state index in [-0.39, 0.29) is 24.9 Å². The summed E-state index contributed by atoms with van der Waals surface area (Å²) in [6, 6.07) is 3.53. The van der Waals surface area contributed by atoms with Crippen molar-refractivity contribution in [1.82, 2.24) is 10.2 Å². The third kappa shape index (κ3) is 5.20. The molecule has 0 atom stereocenters. The Balaban J connectivity index is 1.52. The van der Waals surface area contributed by atoms with Gasteiger partial charge in [0.25, 0.3) is 6.43 Å². The van der Waals surface area contributed by atoms with Crippen LogP contribution in [0.2, 0.25) is 5.02 Å². The highest BCUT2D eigenvalue weighted by atomic mass is 35.5. The standard InChI is InChI=1S/C18H23ClF2N2O3/c19-14-8-12(9-15-18(14)26-7-1-6-25-15)10-17(24)22-13-2-4-23(5-3-13)11-16(20)21/h8-9,13,16H,1-7,10-11H2,(H,22,24). The van der Waals surface area contributed by atoms with Gasteiger partial charge in [0.15, 0.2) is 11.5 Å². The van der Waals surface area contributed by atoms with Crippen molar-refractivity contribution in [2.45, 2.75) is 38.2 Å². The Labute approximate surface area is 156 Å². The Morgan fingerprint density at radius 1 is 1.27 bits per heavy atom.